The highest BCUT2D eigenvalue weighted by Gasteiger charge is 2.10. The number of hydrogen-bond donors (Lipinski definition) is 1. The molecule has 2 N–H and O–H groups in total. The molecule has 0 spiro atoms. The lowest BCUT2D eigenvalue weighted by atomic mass is 10.1. The van der Waals surface area contributed by atoms with Crippen LogP contribution in [0, 0.1) is 0 Å². The second-order valence-corrected chi connectivity index (χ2v) is 5.00. The SMILES string of the molecule is NCC=CCOc1cccc(CN2CCCCC2)c1. The molecule has 1 saturated heterocycles. The van der Waals surface area contributed by atoms with Gasteiger partial charge in [-0.05, 0) is 43.6 Å². The lowest BCUT2D eigenvalue weighted by Crippen LogP contribution is -2.29. The Morgan fingerprint density at radius 1 is 1.16 bits per heavy atom. The number of hydrogen-bond acceptors (Lipinski definition) is 3. The molecule has 0 aromatic heterocycles. The predicted octanol–water partition coefficient (Wildman–Crippen LogP) is 2.57. The summed E-state index contributed by atoms with van der Waals surface area (Å²) >= 11 is 0. The molecule has 0 aliphatic carbocycles. The predicted molar refractivity (Wildman–Crippen MR) is 79.3 cm³/mol. The average Bonchev–Trinajstić information content (AvgIpc) is 2.45. The van der Waals surface area contributed by atoms with Crippen LogP contribution in [-0.2, 0) is 6.54 Å². The van der Waals surface area contributed by atoms with Crippen molar-refractivity contribution in [1.82, 2.24) is 4.90 Å². The molecule has 1 aliphatic rings. The first kappa shape index (κ1) is 14.1. The summed E-state index contributed by atoms with van der Waals surface area (Å²) < 4.78 is 5.68. The van der Waals surface area contributed by atoms with Crippen LogP contribution in [0.3, 0.4) is 0 Å². The van der Waals surface area contributed by atoms with E-state index in [2.05, 4.69) is 23.1 Å². The summed E-state index contributed by atoms with van der Waals surface area (Å²) in [5, 5.41) is 0. The van der Waals surface area contributed by atoms with Gasteiger partial charge in [-0.25, -0.2) is 0 Å². The molecule has 1 aromatic rings. The average molecular weight is 260 g/mol. The molecule has 1 fully saturated rings. The molecule has 104 valence electrons. The van der Waals surface area contributed by atoms with Gasteiger partial charge in [0.15, 0.2) is 0 Å². The Morgan fingerprint density at radius 2 is 2.00 bits per heavy atom. The van der Waals surface area contributed by atoms with Crippen molar-refractivity contribution in [1.29, 1.82) is 0 Å². The Kier molecular flexibility index (Phi) is 5.92. The molecule has 2 rings (SSSR count). The van der Waals surface area contributed by atoms with Gasteiger partial charge >= 0.3 is 0 Å². The van der Waals surface area contributed by atoms with E-state index in [1.807, 2.05) is 18.2 Å². The maximum atomic E-state index is 5.68. The van der Waals surface area contributed by atoms with Crippen molar-refractivity contribution in [2.24, 2.45) is 5.73 Å². The second-order valence-electron chi connectivity index (χ2n) is 5.00. The summed E-state index contributed by atoms with van der Waals surface area (Å²) in [6, 6.07) is 8.40. The van der Waals surface area contributed by atoms with Crippen molar-refractivity contribution in [3.63, 3.8) is 0 Å². The summed E-state index contributed by atoms with van der Waals surface area (Å²) in [5.74, 6) is 0.941. The first-order valence-corrected chi connectivity index (χ1v) is 7.17. The summed E-state index contributed by atoms with van der Waals surface area (Å²) in [5.41, 5.74) is 6.72. The molecule has 0 amide bonds. The zero-order chi connectivity index (χ0) is 13.3. The Bertz CT molecular complexity index is 397. The number of ether oxygens (including phenoxy) is 1. The molecular formula is C16H24N2O. The molecule has 3 nitrogen and oxygen atoms in total. The highest BCUT2D eigenvalue weighted by Crippen LogP contribution is 2.17. The molecule has 0 saturated carbocycles. The first-order chi connectivity index (χ1) is 9.38. The van der Waals surface area contributed by atoms with E-state index < -0.39 is 0 Å². The van der Waals surface area contributed by atoms with Gasteiger partial charge in [-0.2, -0.15) is 0 Å². The van der Waals surface area contributed by atoms with Crippen molar-refractivity contribution >= 4 is 0 Å². The molecule has 1 heterocycles. The minimum absolute atomic E-state index is 0.568. The molecule has 0 bridgehead atoms. The first-order valence-electron chi connectivity index (χ1n) is 7.17. The van der Waals surface area contributed by atoms with E-state index in [0.717, 1.165) is 12.3 Å². The molecule has 0 atom stereocenters. The van der Waals surface area contributed by atoms with Gasteiger partial charge < -0.3 is 10.5 Å². The molecule has 3 heteroatoms. The van der Waals surface area contributed by atoms with Crippen molar-refractivity contribution < 1.29 is 4.74 Å². The fraction of sp³-hybridized carbons (Fsp3) is 0.500. The van der Waals surface area contributed by atoms with Crippen molar-refractivity contribution in [2.75, 3.05) is 26.2 Å². The van der Waals surface area contributed by atoms with Crippen LogP contribution in [0.5, 0.6) is 5.75 Å². The lowest BCUT2D eigenvalue weighted by molar-refractivity contribution is 0.220. The zero-order valence-corrected chi connectivity index (χ0v) is 11.6. The third-order valence-corrected chi connectivity index (χ3v) is 3.40. The van der Waals surface area contributed by atoms with E-state index in [9.17, 15) is 0 Å². The Morgan fingerprint density at radius 3 is 2.79 bits per heavy atom. The maximum Gasteiger partial charge on any atom is 0.120 e. The summed E-state index contributed by atoms with van der Waals surface area (Å²) in [6.07, 6.45) is 7.92. The minimum Gasteiger partial charge on any atom is -0.490 e. The van der Waals surface area contributed by atoms with Crippen LogP contribution < -0.4 is 10.5 Å². The number of nitrogens with zero attached hydrogens (tertiary/aromatic N) is 1. The number of rotatable bonds is 6. The Hall–Kier alpha value is -1.32. The number of benzene rings is 1. The van der Waals surface area contributed by atoms with E-state index in [-0.39, 0.29) is 0 Å². The van der Waals surface area contributed by atoms with Gasteiger partial charge in [0, 0.05) is 13.1 Å². The Labute approximate surface area is 116 Å². The van der Waals surface area contributed by atoms with E-state index in [1.54, 1.807) is 0 Å². The standard InChI is InChI=1S/C16H24N2O/c17-9-2-5-12-19-16-8-6-7-15(13-16)14-18-10-3-1-4-11-18/h2,5-8,13H,1,3-4,9-12,14,17H2. The van der Waals surface area contributed by atoms with Gasteiger partial charge in [-0.1, -0.05) is 30.7 Å². The summed E-state index contributed by atoms with van der Waals surface area (Å²) in [6.45, 7) is 4.65. The van der Waals surface area contributed by atoms with Crippen LogP contribution in [-0.4, -0.2) is 31.1 Å². The summed E-state index contributed by atoms with van der Waals surface area (Å²) in [7, 11) is 0. The van der Waals surface area contributed by atoms with Crippen molar-refractivity contribution in [3.05, 3.63) is 42.0 Å². The van der Waals surface area contributed by atoms with Crippen LogP contribution in [0.4, 0.5) is 0 Å². The van der Waals surface area contributed by atoms with Gasteiger partial charge in [0.1, 0.15) is 12.4 Å². The smallest absolute Gasteiger partial charge is 0.120 e. The van der Waals surface area contributed by atoms with E-state index in [1.165, 1.54) is 37.9 Å². The molecule has 0 unspecified atom stereocenters. The topological polar surface area (TPSA) is 38.5 Å². The minimum atomic E-state index is 0.568. The van der Waals surface area contributed by atoms with Gasteiger partial charge in [0.25, 0.3) is 0 Å². The van der Waals surface area contributed by atoms with Crippen molar-refractivity contribution in [3.8, 4) is 5.75 Å². The highest BCUT2D eigenvalue weighted by atomic mass is 16.5. The third kappa shape index (κ3) is 5.05. The second kappa shape index (κ2) is 7.97. The zero-order valence-electron chi connectivity index (χ0n) is 11.6. The molecule has 1 aliphatic heterocycles. The molecule has 19 heavy (non-hydrogen) atoms. The maximum absolute atomic E-state index is 5.68. The van der Waals surface area contributed by atoms with Gasteiger partial charge in [-0.3, -0.25) is 4.90 Å². The third-order valence-electron chi connectivity index (χ3n) is 3.40. The van der Waals surface area contributed by atoms with Crippen LogP contribution in [0.15, 0.2) is 36.4 Å². The fourth-order valence-corrected chi connectivity index (χ4v) is 2.42. The summed E-state index contributed by atoms with van der Waals surface area (Å²) in [4.78, 5) is 2.52. The largest absolute Gasteiger partial charge is 0.490 e. The highest BCUT2D eigenvalue weighted by molar-refractivity contribution is 5.28. The van der Waals surface area contributed by atoms with E-state index >= 15 is 0 Å². The van der Waals surface area contributed by atoms with Gasteiger partial charge in [0.05, 0.1) is 0 Å². The van der Waals surface area contributed by atoms with E-state index in [4.69, 9.17) is 10.5 Å². The van der Waals surface area contributed by atoms with Gasteiger partial charge in [-0.15, -0.1) is 0 Å². The number of nitrogens with two attached hydrogens (primary N) is 1. The number of likely N-dealkylation sites (tertiary alicyclic amines) is 1. The lowest BCUT2D eigenvalue weighted by Gasteiger charge is -2.26. The van der Waals surface area contributed by atoms with Crippen LogP contribution >= 0.6 is 0 Å². The monoisotopic (exact) mass is 260 g/mol. The normalized spacial score (nSPS) is 16.9. The van der Waals surface area contributed by atoms with Crippen LogP contribution in [0.1, 0.15) is 24.8 Å². The van der Waals surface area contributed by atoms with Crippen molar-refractivity contribution in [2.45, 2.75) is 25.8 Å². The van der Waals surface area contributed by atoms with Gasteiger partial charge in [0.2, 0.25) is 0 Å². The quantitative estimate of drug-likeness (QED) is 0.799. The Balaban J connectivity index is 1.85. The van der Waals surface area contributed by atoms with Crippen LogP contribution in [0.25, 0.3) is 0 Å². The number of piperidine rings is 1. The molecule has 0 radical (unpaired) electrons. The van der Waals surface area contributed by atoms with E-state index in [0.29, 0.717) is 13.2 Å². The van der Waals surface area contributed by atoms with Crippen LogP contribution in [0.2, 0.25) is 0 Å². The molecule has 1 aromatic carbocycles. The molecular weight excluding hydrogens is 236 g/mol. The fourth-order valence-electron chi connectivity index (χ4n) is 2.42.